The summed E-state index contributed by atoms with van der Waals surface area (Å²) >= 11 is 0. The topological polar surface area (TPSA) is 147 Å². The fourth-order valence-corrected chi connectivity index (χ4v) is 5.01. The molecule has 1 aromatic rings. The van der Waals surface area contributed by atoms with Gasteiger partial charge in [0.05, 0.1) is 6.10 Å². The zero-order chi connectivity index (χ0) is 24.3. The van der Waals surface area contributed by atoms with Gasteiger partial charge in [0.25, 0.3) is 0 Å². The Morgan fingerprint density at radius 2 is 1.82 bits per heavy atom. The molecule has 2 amide bonds. The molecule has 1 saturated carbocycles. The van der Waals surface area contributed by atoms with Gasteiger partial charge in [-0.15, -0.1) is 0 Å². The number of carboxylic acid groups (broad SMARTS) is 1. The quantitative estimate of drug-likeness (QED) is 0.388. The lowest BCUT2D eigenvalue weighted by molar-refractivity contribution is -0.152. The van der Waals surface area contributed by atoms with E-state index >= 15 is 0 Å². The second-order valence-corrected chi connectivity index (χ2v) is 9.39. The predicted octanol–water partition coefficient (Wildman–Crippen LogP) is 1.04. The maximum atomic E-state index is 13.6. The third-order valence-corrected chi connectivity index (χ3v) is 7.13. The van der Waals surface area contributed by atoms with Gasteiger partial charge in [0, 0.05) is 12.5 Å². The lowest BCUT2D eigenvalue weighted by atomic mass is 9.83. The number of carbonyl (C=O) groups is 3. The number of amides is 2. The second kappa shape index (κ2) is 10.5. The third kappa shape index (κ3) is 5.65. The highest BCUT2D eigenvalue weighted by atomic mass is 16.4. The number of likely N-dealkylation sites (tertiary alicyclic amines) is 1. The van der Waals surface area contributed by atoms with E-state index in [2.05, 4.69) is 5.32 Å². The summed E-state index contributed by atoms with van der Waals surface area (Å²) in [5.74, 6) is -2.49. The molecule has 9 nitrogen and oxygen atoms in total. The van der Waals surface area contributed by atoms with Crippen LogP contribution in [0.3, 0.4) is 0 Å². The molecule has 0 radical (unpaired) electrons. The summed E-state index contributed by atoms with van der Waals surface area (Å²) in [6.45, 7) is 3.67. The number of carbonyl (C=O) groups excluding carboxylic acids is 2. The molecule has 2 fully saturated rings. The zero-order valence-corrected chi connectivity index (χ0v) is 19.1. The normalized spacial score (nSPS) is 27.3. The van der Waals surface area contributed by atoms with Crippen LogP contribution in [0.4, 0.5) is 0 Å². The third-order valence-electron chi connectivity index (χ3n) is 7.13. The van der Waals surface area contributed by atoms with Crippen LogP contribution in [0.5, 0.6) is 5.75 Å². The molecule has 0 spiro atoms. The van der Waals surface area contributed by atoms with Crippen LogP contribution < -0.4 is 5.32 Å². The molecular formula is C24H34N2O7. The average molecular weight is 463 g/mol. The van der Waals surface area contributed by atoms with Gasteiger partial charge in [-0.2, -0.15) is 0 Å². The summed E-state index contributed by atoms with van der Waals surface area (Å²) in [4.78, 5) is 39.7. The molecule has 1 aromatic carbocycles. The number of aliphatic hydroxyl groups is 2. The number of aromatic hydroxyl groups is 1. The van der Waals surface area contributed by atoms with Gasteiger partial charge in [0.2, 0.25) is 11.8 Å². The highest BCUT2D eigenvalue weighted by molar-refractivity contribution is 5.92. The van der Waals surface area contributed by atoms with Gasteiger partial charge in [-0.05, 0) is 55.2 Å². The number of rotatable bonds is 8. The maximum Gasteiger partial charge on any atom is 0.326 e. The molecule has 1 saturated heterocycles. The highest BCUT2D eigenvalue weighted by Gasteiger charge is 2.50. The van der Waals surface area contributed by atoms with Crippen molar-refractivity contribution in [2.24, 2.45) is 11.8 Å². The van der Waals surface area contributed by atoms with Crippen LogP contribution in [-0.2, 0) is 20.8 Å². The first-order valence-electron chi connectivity index (χ1n) is 11.6. The number of nitrogens with one attached hydrogen (secondary N) is 1. The van der Waals surface area contributed by atoms with Crippen LogP contribution in [0, 0.1) is 11.8 Å². The van der Waals surface area contributed by atoms with Crippen LogP contribution in [0.2, 0.25) is 0 Å². The molecule has 9 heteroatoms. The standard InChI is InChI=1S/C24H34N2O7/c1-3-13(2)21(25-22(30)20(29)10-14-4-7-16(27)8-5-14)23(31)26-18-12-17(28)9-6-15(18)11-19(26)24(32)33/h4-5,7-8,13,15,17-21,27-29H,3,6,9-12H2,1-2H3,(H,25,30)(H,32,33)/t13-,15-,17+,18-,19-,20-,21+/m0/s1. The van der Waals surface area contributed by atoms with E-state index in [4.69, 9.17) is 0 Å². The first-order chi connectivity index (χ1) is 15.6. The van der Waals surface area contributed by atoms with Gasteiger partial charge in [-0.3, -0.25) is 9.59 Å². The molecule has 0 bridgehead atoms. The van der Waals surface area contributed by atoms with Crippen molar-refractivity contribution in [3.8, 4) is 5.75 Å². The Kier molecular flexibility index (Phi) is 7.97. The SMILES string of the molecule is CC[C@H](C)[C@@H](NC(=O)[C@@H](O)Cc1ccc(O)cc1)C(=O)N1[C@H](C(=O)O)C[C@@H]2CC[C@@H](O)C[C@@H]21. The summed E-state index contributed by atoms with van der Waals surface area (Å²) in [5.41, 5.74) is 0.645. The number of benzene rings is 1. The fraction of sp³-hybridized carbons (Fsp3) is 0.625. The van der Waals surface area contributed by atoms with Crippen molar-refractivity contribution < 1.29 is 34.8 Å². The van der Waals surface area contributed by atoms with Crippen molar-refractivity contribution in [3.05, 3.63) is 29.8 Å². The van der Waals surface area contributed by atoms with E-state index in [-0.39, 0.29) is 30.0 Å². The van der Waals surface area contributed by atoms with Crippen molar-refractivity contribution >= 4 is 17.8 Å². The number of hydrogen-bond acceptors (Lipinski definition) is 6. The lowest BCUT2D eigenvalue weighted by Crippen LogP contribution is -2.58. The van der Waals surface area contributed by atoms with Gasteiger partial charge >= 0.3 is 5.97 Å². The summed E-state index contributed by atoms with van der Waals surface area (Å²) < 4.78 is 0. The van der Waals surface area contributed by atoms with E-state index in [1.54, 1.807) is 19.1 Å². The molecular weight excluding hydrogens is 428 g/mol. The molecule has 33 heavy (non-hydrogen) atoms. The monoisotopic (exact) mass is 462 g/mol. The Hall–Kier alpha value is -2.65. The van der Waals surface area contributed by atoms with Crippen LogP contribution >= 0.6 is 0 Å². The first-order valence-corrected chi connectivity index (χ1v) is 11.6. The molecule has 1 aliphatic heterocycles. The van der Waals surface area contributed by atoms with E-state index in [0.29, 0.717) is 37.7 Å². The van der Waals surface area contributed by atoms with Crippen molar-refractivity contribution in [1.82, 2.24) is 10.2 Å². The predicted molar refractivity (Wildman–Crippen MR) is 119 cm³/mol. The van der Waals surface area contributed by atoms with Crippen molar-refractivity contribution in [2.45, 2.75) is 82.7 Å². The maximum absolute atomic E-state index is 13.6. The Balaban J connectivity index is 1.77. The van der Waals surface area contributed by atoms with Crippen molar-refractivity contribution in [2.75, 3.05) is 0 Å². The number of phenols is 1. The van der Waals surface area contributed by atoms with E-state index in [1.165, 1.54) is 17.0 Å². The molecule has 0 unspecified atom stereocenters. The van der Waals surface area contributed by atoms with E-state index in [0.717, 1.165) is 0 Å². The zero-order valence-electron chi connectivity index (χ0n) is 19.1. The Labute approximate surface area is 193 Å². The minimum absolute atomic E-state index is 0.00584. The van der Waals surface area contributed by atoms with Crippen LogP contribution in [0.15, 0.2) is 24.3 Å². The minimum atomic E-state index is -1.41. The summed E-state index contributed by atoms with van der Waals surface area (Å²) in [7, 11) is 0. The van der Waals surface area contributed by atoms with Gasteiger partial charge in [-0.1, -0.05) is 32.4 Å². The number of aliphatic carboxylic acids is 1. The molecule has 182 valence electrons. The number of hydrogen-bond donors (Lipinski definition) is 5. The minimum Gasteiger partial charge on any atom is -0.508 e. The molecule has 5 N–H and O–H groups in total. The van der Waals surface area contributed by atoms with Gasteiger partial charge < -0.3 is 30.6 Å². The molecule has 1 aliphatic carbocycles. The van der Waals surface area contributed by atoms with Crippen LogP contribution in [0.25, 0.3) is 0 Å². The highest BCUT2D eigenvalue weighted by Crippen LogP contribution is 2.40. The van der Waals surface area contributed by atoms with Crippen molar-refractivity contribution in [1.29, 1.82) is 0 Å². The number of nitrogens with zero attached hydrogens (tertiary/aromatic N) is 1. The van der Waals surface area contributed by atoms with Gasteiger partial charge in [0.15, 0.2) is 0 Å². The number of fused-ring (bicyclic) bond motifs is 1. The summed E-state index contributed by atoms with van der Waals surface area (Å²) in [5, 5.41) is 42.4. The number of phenolic OH excluding ortho intramolecular Hbond substituents is 1. The van der Waals surface area contributed by atoms with Crippen LogP contribution in [0.1, 0.15) is 51.5 Å². The molecule has 1 heterocycles. The smallest absolute Gasteiger partial charge is 0.326 e. The number of carboxylic acids is 1. The average Bonchev–Trinajstić information content (AvgIpc) is 3.16. The van der Waals surface area contributed by atoms with Crippen molar-refractivity contribution in [3.63, 3.8) is 0 Å². The fourth-order valence-electron chi connectivity index (χ4n) is 5.01. The lowest BCUT2D eigenvalue weighted by Gasteiger charge is -2.38. The molecule has 3 rings (SSSR count). The van der Waals surface area contributed by atoms with Gasteiger partial charge in [0.1, 0.15) is 23.9 Å². The molecule has 2 aliphatic rings. The Morgan fingerprint density at radius 1 is 1.15 bits per heavy atom. The summed E-state index contributed by atoms with van der Waals surface area (Å²) in [6.07, 6.45) is 0.479. The second-order valence-electron chi connectivity index (χ2n) is 9.39. The van der Waals surface area contributed by atoms with Gasteiger partial charge in [-0.25, -0.2) is 4.79 Å². The number of aliphatic hydroxyl groups excluding tert-OH is 2. The van der Waals surface area contributed by atoms with E-state index in [9.17, 15) is 34.8 Å². The van der Waals surface area contributed by atoms with E-state index < -0.39 is 42.1 Å². The summed E-state index contributed by atoms with van der Waals surface area (Å²) in [6, 6.07) is 3.74. The largest absolute Gasteiger partial charge is 0.508 e. The van der Waals surface area contributed by atoms with Crippen LogP contribution in [-0.4, -0.2) is 73.4 Å². The van der Waals surface area contributed by atoms with E-state index in [1.807, 2.05) is 6.92 Å². The Morgan fingerprint density at radius 3 is 2.42 bits per heavy atom. The Bertz CT molecular complexity index is 859. The molecule has 0 aromatic heterocycles. The molecule has 7 atom stereocenters. The first kappa shape index (κ1) is 25.0.